The molecule has 1 saturated carbocycles. The number of nitrogen functional groups attached to an aromatic ring is 1. The minimum Gasteiger partial charge on any atom is -0.489 e. The van der Waals surface area contributed by atoms with Gasteiger partial charge in [-0.2, -0.15) is 0 Å². The molecule has 1 aromatic heterocycles. The molecule has 5 nitrogen and oxygen atoms in total. The van der Waals surface area contributed by atoms with Crippen molar-refractivity contribution in [1.29, 1.82) is 0 Å². The standard InChI is InChI=1S/C20H21N3O2/c21-19-11-23-20(25-19)12-22-18-10-17(18)15-6-8-16(9-7-15)24-13-14-4-2-1-3-5-14/h1-9,11,17-18,22H,10,12-13,21H2/t17-,18+/m0/s1. The van der Waals surface area contributed by atoms with Gasteiger partial charge in [-0.1, -0.05) is 42.5 Å². The highest BCUT2D eigenvalue weighted by atomic mass is 16.5. The number of oxazole rings is 1. The average molecular weight is 335 g/mol. The van der Waals surface area contributed by atoms with E-state index in [0.717, 1.165) is 12.2 Å². The number of nitrogens with zero attached hydrogens (tertiary/aromatic N) is 1. The molecule has 1 heterocycles. The molecule has 4 rings (SSSR count). The van der Waals surface area contributed by atoms with Gasteiger partial charge in [0.05, 0.1) is 12.7 Å². The largest absolute Gasteiger partial charge is 0.489 e. The number of hydrogen-bond donors (Lipinski definition) is 2. The van der Waals surface area contributed by atoms with Crippen molar-refractivity contribution in [2.45, 2.75) is 31.5 Å². The van der Waals surface area contributed by atoms with E-state index in [4.69, 9.17) is 14.9 Å². The van der Waals surface area contributed by atoms with Crippen molar-refractivity contribution in [3.8, 4) is 5.75 Å². The maximum Gasteiger partial charge on any atom is 0.211 e. The summed E-state index contributed by atoms with van der Waals surface area (Å²) in [6.45, 7) is 1.20. The van der Waals surface area contributed by atoms with Crippen LogP contribution in [0.1, 0.15) is 29.4 Å². The first-order valence-electron chi connectivity index (χ1n) is 8.48. The zero-order valence-electron chi connectivity index (χ0n) is 13.9. The van der Waals surface area contributed by atoms with Gasteiger partial charge in [-0.05, 0) is 29.7 Å². The van der Waals surface area contributed by atoms with E-state index in [1.54, 1.807) is 0 Å². The topological polar surface area (TPSA) is 73.3 Å². The van der Waals surface area contributed by atoms with E-state index in [0.29, 0.717) is 36.9 Å². The summed E-state index contributed by atoms with van der Waals surface area (Å²) in [7, 11) is 0. The first-order valence-corrected chi connectivity index (χ1v) is 8.48. The van der Waals surface area contributed by atoms with Crippen LogP contribution in [0, 0.1) is 0 Å². The second-order valence-electron chi connectivity index (χ2n) is 6.33. The van der Waals surface area contributed by atoms with Crippen LogP contribution in [0.2, 0.25) is 0 Å². The fraction of sp³-hybridized carbons (Fsp3) is 0.250. The maximum absolute atomic E-state index is 5.83. The van der Waals surface area contributed by atoms with E-state index >= 15 is 0 Å². The summed E-state index contributed by atoms with van der Waals surface area (Å²) in [5.74, 6) is 2.42. The van der Waals surface area contributed by atoms with Crippen LogP contribution in [0.3, 0.4) is 0 Å². The molecule has 3 aromatic rings. The number of anilines is 1. The molecule has 1 fully saturated rings. The Bertz CT molecular complexity index is 814. The molecule has 128 valence electrons. The lowest BCUT2D eigenvalue weighted by Crippen LogP contribution is -2.17. The van der Waals surface area contributed by atoms with Crippen LogP contribution in [0.15, 0.2) is 65.2 Å². The summed E-state index contributed by atoms with van der Waals surface area (Å²) < 4.78 is 11.1. The SMILES string of the molecule is Nc1cnc(CN[C@@H]2C[C@H]2c2ccc(OCc3ccccc3)cc2)o1. The summed E-state index contributed by atoms with van der Waals surface area (Å²) in [5, 5.41) is 3.45. The van der Waals surface area contributed by atoms with Crippen molar-refractivity contribution in [1.82, 2.24) is 10.3 Å². The first kappa shape index (κ1) is 15.7. The Kier molecular flexibility index (Phi) is 4.39. The molecule has 0 radical (unpaired) electrons. The van der Waals surface area contributed by atoms with Gasteiger partial charge in [0.25, 0.3) is 0 Å². The van der Waals surface area contributed by atoms with Crippen LogP contribution in [0.4, 0.5) is 5.88 Å². The van der Waals surface area contributed by atoms with E-state index < -0.39 is 0 Å². The fourth-order valence-electron chi connectivity index (χ4n) is 2.97. The number of nitrogens with one attached hydrogen (secondary N) is 1. The second-order valence-corrected chi connectivity index (χ2v) is 6.33. The lowest BCUT2D eigenvalue weighted by atomic mass is 10.1. The van der Waals surface area contributed by atoms with E-state index in [9.17, 15) is 0 Å². The predicted molar refractivity (Wildman–Crippen MR) is 96.1 cm³/mol. The van der Waals surface area contributed by atoms with Crippen LogP contribution in [-0.4, -0.2) is 11.0 Å². The van der Waals surface area contributed by atoms with Gasteiger partial charge in [0.2, 0.25) is 11.8 Å². The lowest BCUT2D eigenvalue weighted by molar-refractivity contribution is 0.306. The normalized spacial score (nSPS) is 18.9. The monoisotopic (exact) mass is 335 g/mol. The third-order valence-electron chi connectivity index (χ3n) is 4.43. The van der Waals surface area contributed by atoms with Gasteiger partial charge < -0.3 is 20.2 Å². The first-order chi connectivity index (χ1) is 12.3. The zero-order valence-corrected chi connectivity index (χ0v) is 13.9. The van der Waals surface area contributed by atoms with Crippen molar-refractivity contribution in [3.05, 3.63) is 77.8 Å². The molecule has 0 spiro atoms. The second kappa shape index (κ2) is 6.99. The third-order valence-corrected chi connectivity index (χ3v) is 4.43. The van der Waals surface area contributed by atoms with Gasteiger partial charge in [-0.25, -0.2) is 4.98 Å². The highest BCUT2D eigenvalue weighted by Crippen LogP contribution is 2.41. The maximum atomic E-state index is 5.83. The van der Waals surface area contributed by atoms with E-state index in [1.165, 1.54) is 17.3 Å². The molecule has 3 N–H and O–H groups in total. The predicted octanol–water partition coefficient (Wildman–Crippen LogP) is 3.48. The summed E-state index contributed by atoms with van der Waals surface area (Å²) in [6, 6.07) is 19.0. The van der Waals surface area contributed by atoms with Crippen LogP contribution >= 0.6 is 0 Å². The summed E-state index contributed by atoms with van der Waals surface area (Å²) in [6.07, 6.45) is 2.66. The van der Waals surface area contributed by atoms with E-state index in [1.807, 2.05) is 30.3 Å². The minimum absolute atomic E-state index is 0.357. The van der Waals surface area contributed by atoms with Gasteiger partial charge >= 0.3 is 0 Å². The van der Waals surface area contributed by atoms with Crippen LogP contribution < -0.4 is 15.8 Å². The number of aromatic nitrogens is 1. The number of ether oxygens (including phenoxy) is 1. The smallest absolute Gasteiger partial charge is 0.211 e. The molecule has 0 amide bonds. The van der Waals surface area contributed by atoms with Gasteiger partial charge in [-0.15, -0.1) is 0 Å². The van der Waals surface area contributed by atoms with Crippen molar-refractivity contribution in [2.24, 2.45) is 0 Å². The molecule has 25 heavy (non-hydrogen) atoms. The van der Waals surface area contributed by atoms with Gasteiger partial charge in [-0.3, -0.25) is 0 Å². The molecule has 1 aliphatic rings. The van der Waals surface area contributed by atoms with Crippen molar-refractivity contribution >= 4 is 5.88 Å². The molecule has 2 aromatic carbocycles. The highest BCUT2D eigenvalue weighted by molar-refractivity contribution is 5.34. The van der Waals surface area contributed by atoms with Crippen molar-refractivity contribution < 1.29 is 9.15 Å². The number of nitrogens with two attached hydrogens (primary N) is 1. The number of rotatable bonds is 7. The van der Waals surface area contributed by atoms with Gasteiger partial charge in [0.15, 0.2) is 0 Å². The molecular formula is C20H21N3O2. The Hall–Kier alpha value is -2.79. The quantitative estimate of drug-likeness (QED) is 0.691. The van der Waals surface area contributed by atoms with Crippen LogP contribution in [-0.2, 0) is 13.2 Å². The summed E-state index contributed by atoms with van der Waals surface area (Å²) in [4.78, 5) is 4.10. The third kappa shape index (κ3) is 4.00. The summed E-state index contributed by atoms with van der Waals surface area (Å²) in [5.41, 5.74) is 8.03. The highest BCUT2D eigenvalue weighted by Gasteiger charge is 2.37. The molecular weight excluding hydrogens is 314 g/mol. The van der Waals surface area contributed by atoms with Crippen molar-refractivity contribution in [2.75, 3.05) is 5.73 Å². The van der Waals surface area contributed by atoms with Gasteiger partial charge in [0.1, 0.15) is 12.4 Å². The Labute approximate surface area is 146 Å². The Balaban J connectivity index is 1.26. The Morgan fingerprint density at radius 2 is 1.92 bits per heavy atom. The molecule has 2 atom stereocenters. The zero-order chi connectivity index (χ0) is 17.1. The Morgan fingerprint density at radius 1 is 1.12 bits per heavy atom. The number of benzene rings is 2. The molecule has 0 unspecified atom stereocenters. The molecule has 5 heteroatoms. The molecule has 1 aliphatic carbocycles. The molecule has 0 saturated heterocycles. The molecule has 0 aliphatic heterocycles. The van der Waals surface area contributed by atoms with E-state index in [-0.39, 0.29) is 0 Å². The van der Waals surface area contributed by atoms with Crippen LogP contribution in [0.25, 0.3) is 0 Å². The van der Waals surface area contributed by atoms with Crippen molar-refractivity contribution in [3.63, 3.8) is 0 Å². The van der Waals surface area contributed by atoms with Gasteiger partial charge in [0, 0.05) is 12.0 Å². The van der Waals surface area contributed by atoms with E-state index in [2.05, 4.69) is 34.6 Å². The minimum atomic E-state index is 0.357. The Morgan fingerprint density at radius 3 is 2.64 bits per heavy atom. The number of hydrogen-bond acceptors (Lipinski definition) is 5. The fourth-order valence-corrected chi connectivity index (χ4v) is 2.97. The summed E-state index contributed by atoms with van der Waals surface area (Å²) >= 11 is 0. The van der Waals surface area contributed by atoms with Crippen LogP contribution in [0.5, 0.6) is 5.75 Å². The lowest BCUT2D eigenvalue weighted by Gasteiger charge is -2.07. The molecule has 0 bridgehead atoms. The average Bonchev–Trinajstić information content (AvgIpc) is 3.32.